The summed E-state index contributed by atoms with van der Waals surface area (Å²) in [5, 5.41) is 0. The van der Waals surface area contributed by atoms with Gasteiger partial charge in [0.25, 0.3) is 6.47 Å². The van der Waals surface area contributed by atoms with Crippen molar-refractivity contribution < 1.29 is 9.53 Å². The van der Waals surface area contributed by atoms with Gasteiger partial charge < -0.3 is 10.5 Å². The number of unbranched alkanes of at least 4 members (excludes halogenated alkanes) is 1. The van der Waals surface area contributed by atoms with Crippen molar-refractivity contribution in [3.63, 3.8) is 0 Å². The van der Waals surface area contributed by atoms with Gasteiger partial charge in [0.15, 0.2) is 0 Å². The molecule has 0 atom stereocenters. The van der Waals surface area contributed by atoms with Crippen LogP contribution in [0.3, 0.4) is 0 Å². The Morgan fingerprint density at radius 2 is 2.31 bits per heavy atom. The highest BCUT2D eigenvalue weighted by Crippen LogP contribution is 1.95. The zero-order valence-corrected chi connectivity index (χ0v) is 8.16. The number of aliphatic imine (C=N–C) groups is 1. The van der Waals surface area contributed by atoms with Crippen molar-refractivity contribution in [2.24, 2.45) is 10.7 Å². The zero-order chi connectivity index (χ0) is 9.94. The van der Waals surface area contributed by atoms with Crippen LogP contribution >= 0.6 is 0 Å². The van der Waals surface area contributed by atoms with Gasteiger partial charge in [-0.05, 0) is 19.3 Å². The first-order valence-corrected chi connectivity index (χ1v) is 4.65. The monoisotopic (exact) mass is 186 g/mol. The predicted octanol–water partition coefficient (Wildman–Crippen LogP) is 1.10. The first-order chi connectivity index (χ1) is 6.31. The molecule has 4 heteroatoms. The smallest absolute Gasteiger partial charge is 0.293 e. The summed E-state index contributed by atoms with van der Waals surface area (Å²) in [5.74, 6) is 0.702. The maximum absolute atomic E-state index is 9.77. The summed E-state index contributed by atoms with van der Waals surface area (Å²) in [5.41, 5.74) is 5.61. The van der Waals surface area contributed by atoms with Crippen molar-refractivity contribution in [2.75, 3.05) is 13.2 Å². The van der Waals surface area contributed by atoms with E-state index in [1.807, 2.05) is 0 Å². The van der Waals surface area contributed by atoms with Gasteiger partial charge in [-0.15, -0.1) is 0 Å². The average Bonchev–Trinajstić information content (AvgIpc) is 2.14. The Hall–Kier alpha value is -1.06. The zero-order valence-electron chi connectivity index (χ0n) is 8.16. The third-order valence-corrected chi connectivity index (χ3v) is 1.55. The number of nitrogens with zero attached hydrogens (tertiary/aromatic N) is 1. The summed E-state index contributed by atoms with van der Waals surface area (Å²) in [6, 6.07) is 0. The van der Waals surface area contributed by atoms with Gasteiger partial charge in [-0.1, -0.05) is 6.92 Å². The van der Waals surface area contributed by atoms with E-state index in [1.165, 1.54) is 0 Å². The quantitative estimate of drug-likeness (QED) is 0.267. The van der Waals surface area contributed by atoms with Crippen molar-refractivity contribution in [3.05, 3.63) is 0 Å². The highest BCUT2D eigenvalue weighted by Gasteiger charge is 1.93. The van der Waals surface area contributed by atoms with Crippen LogP contribution in [0.2, 0.25) is 0 Å². The molecule has 13 heavy (non-hydrogen) atoms. The van der Waals surface area contributed by atoms with E-state index in [4.69, 9.17) is 5.73 Å². The van der Waals surface area contributed by atoms with Crippen LogP contribution in [0.5, 0.6) is 0 Å². The standard InChI is InChI=1S/C9H18N2O2/c1-2-6-11-9(10)5-3-4-7-13-8-12/h8H,2-7H2,1H3,(H2,10,11). The number of ether oxygens (including phenoxy) is 1. The molecule has 0 aliphatic rings. The third-order valence-electron chi connectivity index (χ3n) is 1.55. The molecule has 0 saturated heterocycles. The van der Waals surface area contributed by atoms with Gasteiger partial charge in [-0.25, -0.2) is 0 Å². The topological polar surface area (TPSA) is 64.7 Å². The molecule has 0 fully saturated rings. The normalized spacial score (nSPS) is 11.3. The molecule has 4 nitrogen and oxygen atoms in total. The summed E-state index contributed by atoms with van der Waals surface area (Å²) in [6.45, 7) is 3.81. The third kappa shape index (κ3) is 8.85. The van der Waals surface area contributed by atoms with Crippen LogP contribution in [-0.2, 0) is 9.53 Å². The molecule has 0 aliphatic carbocycles. The van der Waals surface area contributed by atoms with Crippen molar-refractivity contribution in [1.82, 2.24) is 0 Å². The molecule has 0 bridgehead atoms. The van der Waals surface area contributed by atoms with Crippen LogP contribution < -0.4 is 5.73 Å². The molecule has 0 spiro atoms. The van der Waals surface area contributed by atoms with Gasteiger partial charge in [-0.3, -0.25) is 9.79 Å². The van der Waals surface area contributed by atoms with Crippen molar-refractivity contribution >= 4 is 12.3 Å². The molecule has 0 amide bonds. The van der Waals surface area contributed by atoms with Crippen molar-refractivity contribution in [3.8, 4) is 0 Å². The Bertz CT molecular complexity index is 158. The van der Waals surface area contributed by atoms with Gasteiger partial charge in [0.1, 0.15) is 0 Å². The maximum Gasteiger partial charge on any atom is 0.293 e. The highest BCUT2D eigenvalue weighted by molar-refractivity contribution is 5.80. The van der Waals surface area contributed by atoms with E-state index in [2.05, 4.69) is 16.7 Å². The molecule has 0 aromatic carbocycles. The molecule has 0 rings (SSSR count). The minimum atomic E-state index is 0.467. The average molecular weight is 186 g/mol. The molecule has 0 saturated carbocycles. The number of carbonyl (C=O) groups excluding carboxylic acids is 1. The lowest BCUT2D eigenvalue weighted by atomic mass is 10.2. The molecule has 0 unspecified atom stereocenters. The lowest BCUT2D eigenvalue weighted by Gasteiger charge is -2.00. The number of nitrogens with two attached hydrogens (primary N) is 1. The molecule has 0 radical (unpaired) electrons. The van der Waals surface area contributed by atoms with Crippen LogP contribution in [0.1, 0.15) is 32.6 Å². The minimum absolute atomic E-state index is 0.467. The van der Waals surface area contributed by atoms with E-state index in [1.54, 1.807) is 0 Å². The second kappa shape index (κ2) is 9.03. The highest BCUT2D eigenvalue weighted by atomic mass is 16.5. The molecule has 0 heterocycles. The number of hydrogen-bond acceptors (Lipinski definition) is 3. The summed E-state index contributed by atoms with van der Waals surface area (Å²) in [4.78, 5) is 13.9. The fraction of sp³-hybridized carbons (Fsp3) is 0.778. The Balaban J connectivity index is 3.25. The Kier molecular flexibility index (Phi) is 8.30. The first-order valence-electron chi connectivity index (χ1n) is 4.65. The Morgan fingerprint density at radius 3 is 2.92 bits per heavy atom. The van der Waals surface area contributed by atoms with Crippen molar-refractivity contribution in [1.29, 1.82) is 0 Å². The largest absolute Gasteiger partial charge is 0.468 e. The number of amidine groups is 1. The first kappa shape index (κ1) is 11.9. The molecule has 0 aliphatic heterocycles. The molecule has 2 N–H and O–H groups in total. The summed E-state index contributed by atoms with van der Waals surface area (Å²) >= 11 is 0. The number of rotatable bonds is 8. The van der Waals surface area contributed by atoms with Gasteiger partial charge in [0.05, 0.1) is 12.4 Å². The van der Waals surface area contributed by atoms with Crippen molar-refractivity contribution in [2.45, 2.75) is 32.6 Å². The second-order valence-electron chi connectivity index (χ2n) is 2.80. The molecule has 76 valence electrons. The van der Waals surface area contributed by atoms with Gasteiger partial charge in [0.2, 0.25) is 0 Å². The van der Waals surface area contributed by atoms with Gasteiger partial charge in [-0.2, -0.15) is 0 Å². The number of carbonyl (C=O) groups is 1. The second-order valence-corrected chi connectivity index (χ2v) is 2.80. The van der Waals surface area contributed by atoms with E-state index in [9.17, 15) is 4.79 Å². The van der Waals surface area contributed by atoms with Crippen LogP contribution in [0.25, 0.3) is 0 Å². The lowest BCUT2D eigenvalue weighted by molar-refractivity contribution is -0.128. The number of hydrogen-bond donors (Lipinski definition) is 1. The lowest BCUT2D eigenvalue weighted by Crippen LogP contribution is -2.12. The fourth-order valence-electron chi connectivity index (χ4n) is 0.874. The predicted molar refractivity (Wildman–Crippen MR) is 52.6 cm³/mol. The molecule has 0 aromatic rings. The van der Waals surface area contributed by atoms with Crippen LogP contribution in [0.15, 0.2) is 4.99 Å². The van der Waals surface area contributed by atoms with Crippen LogP contribution in [-0.4, -0.2) is 25.5 Å². The maximum atomic E-state index is 9.77. The van der Waals surface area contributed by atoms with E-state index in [-0.39, 0.29) is 0 Å². The summed E-state index contributed by atoms with van der Waals surface area (Å²) in [6.07, 6.45) is 3.59. The van der Waals surface area contributed by atoms with Crippen LogP contribution in [0, 0.1) is 0 Å². The molecular weight excluding hydrogens is 168 g/mol. The Morgan fingerprint density at radius 1 is 1.54 bits per heavy atom. The van der Waals surface area contributed by atoms with E-state index < -0.39 is 0 Å². The fourth-order valence-corrected chi connectivity index (χ4v) is 0.874. The van der Waals surface area contributed by atoms with Gasteiger partial charge >= 0.3 is 0 Å². The SMILES string of the molecule is CCCN=C(N)CCCCOC=O. The molecular formula is C9H18N2O2. The van der Waals surface area contributed by atoms with E-state index >= 15 is 0 Å². The van der Waals surface area contributed by atoms with E-state index in [0.29, 0.717) is 18.9 Å². The van der Waals surface area contributed by atoms with Gasteiger partial charge in [0, 0.05) is 13.0 Å². The Labute approximate surface area is 79.2 Å². The van der Waals surface area contributed by atoms with E-state index in [0.717, 1.165) is 32.2 Å². The van der Waals surface area contributed by atoms with Crippen LogP contribution in [0.4, 0.5) is 0 Å². The molecule has 0 aromatic heterocycles. The summed E-state index contributed by atoms with van der Waals surface area (Å²) in [7, 11) is 0. The summed E-state index contributed by atoms with van der Waals surface area (Å²) < 4.78 is 4.54. The minimum Gasteiger partial charge on any atom is -0.468 e.